The maximum absolute atomic E-state index is 11.3. The van der Waals surface area contributed by atoms with Crippen LogP contribution in [0.25, 0.3) is 0 Å². The van der Waals surface area contributed by atoms with Crippen molar-refractivity contribution in [1.29, 1.82) is 0 Å². The molecule has 0 spiro atoms. The van der Waals surface area contributed by atoms with E-state index in [1.807, 2.05) is 20.8 Å². The molecule has 0 aliphatic heterocycles. The minimum atomic E-state index is -0.436. The van der Waals surface area contributed by atoms with Crippen molar-refractivity contribution >= 4 is 6.09 Å². The van der Waals surface area contributed by atoms with E-state index in [0.717, 1.165) is 39.1 Å². The molecule has 0 aromatic rings. The molecule has 0 atom stereocenters. The molecule has 0 unspecified atom stereocenters. The lowest BCUT2D eigenvalue weighted by Gasteiger charge is -2.19. The Balaban J connectivity index is 3.23. The molecule has 0 rings (SSSR count). The lowest BCUT2D eigenvalue weighted by molar-refractivity contribution is 0.0528. The van der Waals surface area contributed by atoms with Crippen molar-refractivity contribution in [3.63, 3.8) is 0 Å². The third-order valence-electron chi connectivity index (χ3n) is 1.96. The molecule has 0 aromatic carbocycles. The summed E-state index contributed by atoms with van der Waals surface area (Å²) in [4.78, 5) is 11.3. The Kier molecular flexibility index (Phi) is 9.69. The highest BCUT2D eigenvalue weighted by atomic mass is 16.6. The summed E-state index contributed by atoms with van der Waals surface area (Å²) in [5.74, 6) is 0. The predicted molar refractivity (Wildman–Crippen MR) is 72.8 cm³/mol. The van der Waals surface area contributed by atoms with Crippen LogP contribution in [-0.4, -0.2) is 44.5 Å². The van der Waals surface area contributed by atoms with Gasteiger partial charge in [-0.25, -0.2) is 4.79 Å². The average molecular weight is 260 g/mol. The molecule has 0 aromatic heterocycles. The van der Waals surface area contributed by atoms with Gasteiger partial charge in [-0.1, -0.05) is 6.92 Å². The molecule has 1 amide bonds. The highest BCUT2D eigenvalue weighted by molar-refractivity contribution is 5.67. The van der Waals surface area contributed by atoms with E-state index in [-0.39, 0.29) is 6.09 Å². The fraction of sp³-hybridized carbons (Fsp3) is 0.923. The Morgan fingerprint density at radius 2 is 1.83 bits per heavy atom. The van der Waals surface area contributed by atoms with Gasteiger partial charge in [-0.3, -0.25) is 0 Å². The van der Waals surface area contributed by atoms with Gasteiger partial charge in [0.1, 0.15) is 5.60 Å². The van der Waals surface area contributed by atoms with Gasteiger partial charge in [-0.05, 0) is 40.2 Å². The monoisotopic (exact) mass is 260 g/mol. The van der Waals surface area contributed by atoms with E-state index in [4.69, 9.17) is 9.47 Å². The maximum Gasteiger partial charge on any atom is 0.407 e. The van der Waals surface area contributed by atoms with Crippen LogP contribution in [0.1, 0.15) is 40.5 Å². The second-order valence-electron chi connectivity index (χ2n) is 5.14. The van der Waals surface area contributed by atoms with Gasteiger partial charge in [0.05, 0.1) is 0 Å². The van der Waals surface area contributed by atoms with Crippen molar-refractivity contribution in [2.75, 3.05) is 32.8 Å². The number of nitrogens with one attached hydrogen (secondary N) is 2. The Morgan fingerprint density at radius 1 is 1.11 bits per heavy atom. The van der Waals surface area contributed by atoms with Crippen LogP contribution in [0.5, 0.6) is 0 Å². The summed E-state index contributed by atoms with van der Waals surface area (Å²) in [6.07, 6.45) is 1.69. The van der Waals surface area contributed by atoms with E-state index >= 15 is 0 Å². The smallest absolute Gasteiger partial charge is 0.407 e. The van der Waals surface area contributed by atoms with Gasteiger partial charge < -0.3 is 20.1 Å². The lowest BCUT2D eigenvalue weighted by atomic mass is 10.2. The van der Waals surface area contributed by atoms with Gasteiger partial charge in [0.25, 0.3) is 0 Å². The van der Waals surface area contributed by atoms with Crippen molar-refractivity contribution in [2.24, 2.45) is 0 Å². The number of ether oxygens (including phenoxy) is 2. The Hall–Kier alpha value is -0.810. The second-order valence-corrected chi connectivity index (χ2v) is 5.14. The molecule has 0 bridgehead atoms. The van der Waals surface area contributed by atoms with E-state index in [1.165, 1.54) is 0 Å². The van der Waals surface area contributed by atoms with Crippen LogP contribution >= 0.6 is 0 Å². The third kappa shape index (κ3) is 13.3. The Morgan fingerprint density at radius 3 is 2.44 bits per heavy atom. The fourth-order valence-electron chi connectivity index (χ4n) is 1.24. The van der Waals surface area contributed by atoms with Gasteiger partial charge in [0.2, 0.25) is 0 Å². The van der Waals surface area contributed by atoms with E-state index in [9.17, 15) is 4.79 Å². The molecule has 0 heterocycles. The van der Waals surface area contributed by atoms with Gasteiger partial charge in [0.15, 0.2) is 0 Å². The molecule has 108 valence electrons. The zero-order valence-corrected chi connectivity index (χ0v) is 12.2. The van der Waals surface area contributed by atoms with Crippen LogP contribution in [0.2, 0.25) is 0 Å². The molecule has 0 radical (unpaired) electrons. The van der Waals surface area contributed by atoms with Crippen LogP contribution in [0, 0.1) is 0 Å². The number of rotatable bonds is 9. The molecule has 5 nitrogen and oxygen atoms in total. The number of amides is 1. The molecule has 0 saturated carbocycles. The maximum atomic E-state index is 11.3. The quantitative estimate of drug-likeness (QED) is 0.622. The van der Waals surface area contributed by atoms with Crippen LogP contribution in [0.4, 0.5) is 4.79 Å². The molecule has 5 heteroatoms. The summed E-state index contributed by atoms with van der Waals surface area (Å²) in [6, 6.07) is 0. The summed E-state index contributed by atoms with van der Waals surface area (Å²) >= 11 is 0. The van der Waals surface area contributed by atoms with Gasteiger partial charge in [0, 0.05) is 26.3 Å². The van der Waals surface area contributed by atoms with Crippen LogP contribution in [0.3, 0.4) is 0 Å². The molecular weight excluding hydrogens is 232 g/mol. The summed E-state index contributed by atoms with van der Waals surface area (Å²) < 4.78 is 10.5. The lowest BCUT2D eigenvalue weighted by Crippen LogP contribution is -2.36. The van der Waals surface area contributed by atoms with Gasteiger partial charge in [-0.15, -0.1) is 0 Å². The van der Waals surface area contributed by atoms with E-state index in [1.54, 1.807) is 0 Å². The summed E-state index contributed by atoms with van der Waals surface area (Å²) in [5.41, 5.74) is -0.436. The largest absolute Gasteiger partial charge is 0.444 e. The van der Waals surface area contributed by atoms with E-state index in [2.05, 4.69) is 17.6 Å². The minimum absolute atomic E-state index is 0.365. The Labute approximate surface area is 111 Å². The van der Waals surface area contributed by atoms with Crippen LogP contribution < -0.4 is 10.6 Å². The molecule has 0 aliphatic rings. The second kappa shape index (κ2) is 10.1. The molecule has 0 aliphatic carbocycles. The fourth-order valence-corrected chi connectivity index (χ4v) is 1.24. The normalized spacial score (nSPS) is 11.3. The number of carbonyl (C=O) groups is 1. The first kappa shape index (κ1) is 17.2. The average Bonchev–Trinajstić information content (AvgIpc) is 2.24. The van der Waals surface area contributed by atoms with Crippen LogP contribution in [-0.2, 0) is 9.47 Å². The molecule has 0 fully saturated rings. The summed E-state index contributed by atoms with van der Waals surface area (Å²) in [6.45, 7) is 11.5. The standard InChI is InChI=1S/C13H28N2O3/c1-5-10-17-11-6-7-14-8-9-15-12(16)18-13(2,3)4/h14H,5-11H2,1-4H3,(H,15,16). The predicted octanol–water partition coefficient (Wildman–Crippen LogP) is 1.92. The zero-order chi connectivity index (χ0) is 13.9. The Bertz CT molecular complexity index is 215. The van der Waals surface area contributed by atoms with Crippen molar-refractivity contribution in [2.45, 2.75) is 46.1 Å². The highest BCUT2D eigenvalue weighted by Gasteiger charge is 2.15. The third-order valence-corrected chi connectivity index (χ3v) is 1.96. The highest BCUT2D eigenvalue weighted by Crippen LogP contribution is 2.05. The van der Waals surface area contributed by atoms with Crippen molar-refractivity contribution in [3.8, 4) is 0 Å². The zero-order valence-electron chi connectivity index (χ0n) is 12.2. The topological polar surface area (TPSA) is 59.6 Å². The van der Waals surface area contributed by atoms with Gasteiger partial charge >= 0.3 is 6.09 Å². The van der Waals surface area contributed by atoms with Crippen molar-refractivity contribution < 1.29 is 14.3 Å². The molecule has 18 heavy (non-hydrogen) atoms. The van der Waals surface area contributed by atoms with Crippen molar-refractivity contribution in [1.82, 2.24) is 10.6 Å². The van der Waals surface area contributed by atoms with E-state index < -0.39 is 5.60 Å². The molecule has 0 saturated heterocycles. The van der Waals surface area contributed by atoms with Gasteiger partial charge in [-0.2, -0.15) is 0 Å². The number of carbonyl (C=O) groups excluding carboxylic acids is 1. The minimum Gasteiger partial charge on any atom is -0.444 e. The first-order chi connectivity index (χ1) is 8.45. The van der Waals surface area contributed by atoms with Crippen molar-refractivity contribution in [3.05, 3.63) is 0 Å². The number of hydrogen-bond donors (Lipinski definition) is 2. The van der Waals surface area contributed by atoms with Crippen LogP contribution in [0.15, 0.2) is 0 Å². The van der Waals surface area contributed by atoms with E-state index in [0.29, 0.717) is 6.54 Å². The SMILES string of the molecule is CCCOCCCNCCNC(=O)OC(C)(C)C. The first-order valence-electron chi connectivity index (χ1n) is 6.71. The summed E-state index contributed by atoms with van der Waals surface area (Å²) in [7, 11) is 0. The first-order valence-corrected chi connectivity index (χ1v) is 6.71. The molecule has 2 N–H and O–H groups in total. The summed E-state index contributed by atoms with van der Waals surface area (Å²) in [5, 5.41) is 5.93. The number of hydrogen-bond acceptors (Lipinski definition) is 4. The number of alkyl carbamates (subject to hydrolysis) is 1. The molecular formula is C13H28N2O3.